The Hall–Kier alpha value is -0.840. The van der Waals surface area contributed by atoms with E-state index >= 15 is 0 Å². The van der Waals surface area contributed by atoms with Crippen molar-refractivity contribution in [3.8, 4) is 0 Å². The molecular weight excluding hydrogens is 234 g/mol. The molecule has 0 fully saturated rings. The average molecular weight is 246 g/mol. The van der Waals surface area contributed by atoms with Crippen molar-refractivity contribution in [3.63, 3.8) is 0 Å². The lowest BCUT2D eigenvalue weighted by atomic mass is 10.3. The van der Waals surface area contributed by atoms with Crippen molar-refractivity contribution in [1.82, 2.24) is 15.1 Å². The fourth-order valence-electron chi connectivity index (χ4n) is 0.915. The van der Waals surface area contributed by atoms with Gasteiger partial charge in [-0.15, -0.1) is 0 Å². The Morgan fingerprint density at radius 1 is 1.69 bits per heavy atom. The normalized spacial score (nSPS) is 10.5. The zero-order chi connectivity index (χ0) is 10.0. The Bertz CT molecular complexity index is 319. The fourth-order valence-corrected chi connectivity index (χ4v) is 1.29. The highest BCUT2D eigenvalue weighted by molar-refractivity contribution is 9.10. The minimum atomic E-state index is -0.102. The molecule has 1 aromatic rings. The van der Waals surface area contributed by atoms with Gasteiger partial charge >= 0.3 is 0 Å². The summed E-state index contributed by atoms with van der Waals surface area (Å²) in [5, 5.41) is 6.74. The topological polar surface area (TPSA) is 46.9 Å². The van der Waals surface area contributed by atoms with Crippen molar-refractivity contribution in [3.05, 3.63) is 16.4 Å². The highest BCUT2D eigenvalue weighted by atomic mass is 79.9. The molecule has 0 aliphatic heterocycles. The third-order valence-electron chi connectivity index (χ3n) is 1.53. The minimum absolute atomic E-state index is 0.102. The van der Waals surface area contributed by atoms with Crippen LogP contribution in [-0.2, 0) is 7.05 Å². The molecule has 0 saturated carbocycles. The van der Waals surface area contributed by atoms with Gasteiger partial charge < -0.3 is 5.32 Å². The number of carbonyl (C=O) groups excluding carboxylic acids is 1. The van der Waals surface area contributed by atoms with Crippen LogP contribution in [0.4, 0.5) is 0 Å². The van der Waals surface area contributed by atoms with E-state index in [0.29, 0.717) is 10.2 Å². The number of aryl methyl sites for hydroxylation is 1. The second-order valence-corrected chi connectivity index (χ2v) is 3.85. The molecule has 1 heterocycles. The van der Waals surface area contributed by atoms with Crippen LogP contribution in [0.15, 0.2) is 10.8 Å². The molecule has 0 atom stereocenters. The summed E-state index contributed by atoms with van der Waals surface area (Å²) < 4.78 is 2.31. The van der Waals surface area contributed by atoms with Crippen molar-refractivity contribution in [2.24, 2.45) is 7.05 Å². The Labute approximate surface area is 85.4 Å². The van der Waals surface area contributed by atoms with Gasteiger partial charge in [0.1, 0.15) is 4.60 Å². The van der Waals surface area contributed by atoms with Gasteiger partial charge in [-0.05, 0) is 29.8 Å². The molecule has 1 amide bonds. The summed E-state index contributed by atoms with van der Waals surface area (Å²) in [5.41, 5.74) is 0.566. The summed E-state index contributed by atoms with van der Waals surface area (Å²) in [4.78, 5) is 11.5. The summed E-state index contributed by atoms with van der Waals surface area (Å²) >= 11 is 3.28. The Morgan fingerprint density at radius 2 is 2.31 bits per heavy atom. The van der Waals surface area contributed by atoms with E-state index < -0.39 is 0 Å². The summed E-state index contributed by atoms with van der Waals surface area (Å²) in [6.07, 6.45) is 1.54. The van der Waals surface area contributed by atoms with Gasteiger partial charge in [-0.25, -0.2) is 0 Å². The van der Waals surface area contributed by atoms with Crippen LogP contribution in [0.3, 0.4) is 0 Å². The van der Waals surface area contributed by atoms with Crippen LogP contribution >= 0.6 is 15.9 Å². The van der Waals surface area contributed by atoms with Crippen molar-refractivity contribution in [2.75, 3.05) is 0 Å². The van der Waals surface area contributed by atoms with Gasteiger partial charge in [0, 0.05) is 13.1 Å². The molecule has 1 aromatic heterocycles. The van der Waals surface area contributed by atoms with E-state index in [1.807, 2.05) is 13.8 Å². The zero-order valence-corrected chi connectivity index (χ0v) is 9.42. The van der Waals surface area contributed by atoms with Crippen molar-refractivity contribution in [1.29, 1.82) is 0 Å². The molecule has 4 nitrogen and oxygen atoms in total. The number of nitrogens with one attached hydrogen (secondary N) is 1. The molecule has 5 heteroatoms. The molecule has 1 N–H and O–H groups in total. The van der Waals surface area contributed by atoms with E-state index in [9.17, 15) is 4.79 Å². The second kappa shape index (κ2) is 3.91. The van der Waals surface area contributed by atoms with Crippen LogP contribution in [0.1, 0.15) is 24.2 Å². The van der Waals surface area contributed by atoms with E-state index in [4.69, 9.17) is 0 Å². The Balaban J connectivity index is 2.83. The molecule has 1 rings (SSSR count). The molecule has 0 saturated heterocycles. The number of nitrogens with zero attached hydrogens (tertiary/aromatic N) is 2. The second-order valence-electron chi connectivity index (χ2n) is 3.10. The van der Waals surface area contributed by atoms with E-state index in [-0.39, 0.29) is 11.9 Å². The van der Waals surface area contributed by atoms with Gasteiger partial charge in [0.25, 0.3) is 5.91 Å². The van der Waals surface area contributed by atoms with Gasteiger partial charge in [-0.1, -0.05) is 0 Å². The van der Waals surface area contributed by atoms with Crippen LogP contribution in [0.25, 0.3) is 0 Å². The van der Waals surface area contributed by atoms with E-state index in [2.05, 4.69) is 26.3 Å². The van der Waals surface area contributed by atoms with Gasteiger partial charge in [-0.2, -0.15) is 5.10 Å². The molecule has 72 valence electrons. The summed E-state index contributed by atoms with van der Waals surface area (Å²) in [6.45, 7) is 3.84. The lowest BCUT2D eigenvalue weighted by Crippen LogP contribution is -2.30. The third-order valence-corrected chi connectivity index (χ3v) is 2.47. The molecule has 0 bridgehead atoms. The summed E-state index contributed by atoms with van der Waals surface area (Å²) in [6, 6.07) is 0.139. The van der Waals surface area contributed by atoms with Crippen LogP contribution in [-0.4, -0.2) is 21.7 Å². The largest absolute Gasteiger partial charge is 0.350 e. The number of amides is 1. The standard InChI is InChI=1S/C8H12BrN3O/c1-5(2)11-8(13)6-4-10-12(3)7(6)9/h4-5H,1-3H3,(H,11,13). The number of carbonyl (C=O) groups is 1. The molecule has 0 aromatic carbocycles. The lowest BCUT2D eigenvalue weighted by Gasteiger charge is -2.06. The predicted molar refractivity (Wildman–Crippen MR) is 53.5 cm³/mol. The SMILES string of the molecule is CC(C)NC(=O)c1cnn(C)c1Br. The maximum absolute atomic E-state index is 11.5. The minimum Gasteiger partial charge on any atom is -0.350 e. The Kier molecular flexibility index (Phi) is 3.08. The number of rotatable bonds is 2. The fraction of sp³-hybridized carbons (Fsp3) is 0.500. The van der Waals surface area contributed by atoms with Gasteiger partial charge in [0.2, 0.25) is 0 Å². The molecule has 0 spiro atoms. The van der Waals surface area contributed by atoms with Crippen molar-refractivity contribution >= 4 is 21.8 Å². The zero-order valence-electron chi connectivity index (χ0n) is 7.84. The predicted octanol–water partition coefficient (Wildman–Crippen LogP) is 1.32. The molecule has 0 radical (unpaired) electrons. The van der Waals surface area contributed by atoms with E-state index in [0.717, 1.165) is 0 Å². The molecular formula is C8H12BrN3O. The van der Waals surface area contributed by atoms with Crippen molar-refractivity contribution in [2.45, 2.75) is 19.9 Å². The lowest BCUT2D eigenvalue weighted by molar-refractivity contribution is 0.0942. The quantitative estimate of drug-likeness (QED) is 0.855. The van der Waals surface area contributed by atoms with Gasteiger partial charge in [0.05, 0.1) is 11.8 Å². The van der Waals surface area contributed by atoms with Crippen LogP contribution in [0, 0.1) is 0 Å². The van der Waals surface area contributed by atoms with E-state index in [1.54, 1.807) is 17.9 Å². The molecule has 13 heavy (non-hydrogen) atoms. The number of hydrogen-bond acceptors (Lipinski definition) is 2. The monoisotopic (exact) mass is 245 g/mol. The first-order valence-corrected chi connectivity index (χ1v) is 4.80. The maximum atomic E-state index is 11.5. The average Bonchev–Trinajstić information content (AvgIpc) is 2.31. The summed E-state index contributed by atoms with van der Waals surface area (Å²) in [5.74, 6) is -0.102. The first-order chi connectivity index (χ1) is 6.02. The highest BCUT2D eigenvalue weighted by Crippen LogP contribution is 2.14. The first-order valence-electron chi connectivity index (χ1n) is 4.00. The number of aromatic nitrogens is 2. The van der Waals surface area contributed by atoms with E-state index in [1.165, 1.54) is 0 Å². The molecule has 0 aliphatic carbocycles. The molecule has 0 aliphatic rings. The van der Waals surface area contributed by atoms with Crippen LogP contribution in [0.2, 0.25) is 0 Å². The molecule has 0 unspecified atom stereocenters. The van der Waals surface area contributed by atoms with Gasteiger partial charge in [0.15, 0.2) is 0 Å². The van der Waals surface area contributed by atoms with Gasteiger partial charge in [-0.3, -0.25) is 9.48 Å². The Morgan fingerprint density at radius 3 is 2.69 bits per heavy atom. The van der Waals surface area contributed by atoms with Crippen molar-refractivity contribution < 1.29 is 4.79 Å². The smallest absolute Gasteiger partial charge is 0.255 e. The first kappa shape index (κ1) is 10.2. The number of hydrogen-bond donors (Lipinski definition) is 1. The summed E-state index contributed by atoms with van der Waals surface area (Å²) in [7, 11) is 1.77. The third kappa shape index (κ3) is 2.30. The highest BCUT2D eigenvalue weighted by Gasteiger charge is 2.13. The van der Waals surface area contributed by atoms with Crippen LogP contribution < -0.4 is 5.32 Å². The van der Waals surface area contributed by atoms with Crippen LogP contribution in [0.5, 0.6) is 0 Å². The number of halogens is 1. The maximum Gasteiger partial charge on any atom is 0.255 e.